The fourth-order valence-corrected chi connectivity index (χ4v) is 2.94. The maximum absolute atomic E-state index is 10.4. The molecule has 2 atom stereocenters. The second-order valence-corrected chi connectivity index (χ2v) is 6.42. The van der Waals surface area contributed by atoms with Crippen molar-refractivity contribution >= 4 is 0 Å². The van der Waals surface area contributed by atoms with Crippen molar-refractivity contribution in [3.05, 3.63) is 35.4 Å². The molecule has 112 valence electrons. The summed E-state index contributed by atoms with van der Waals surface area (Å²) in [7, 11) is 0. The molecule has 1 saturated heterocycles. The van der Waals surface area contributed by atoms with Crippen LogP contribution in [0.15, 0.2) is 24.3 Å². The normalized spacial score (nSPS) is 21.1. The summed E-state index contributed by atoms with van der Waals surface area (Å²) in [6.07, 6.45) is 6.46. The molecule has 2 heteroatoms. The van der Waals surface area contributed by atoms with Crippen molar-refractivity contribution in [1.29, 1.82) is 0 Å². The highest BCUT2D eigenvalue weighted by Gasteiger charge is 2.16. The fourth-order valence-electron chi connectivity index (χ4n) is 2.94. The monoisotopic (exact) mass is 276 g/mol. The van der Waals surface area contributed by atoms with E-state index in [-0.39, 0.29) is 6.10 Å². The summed E-state index contributed by atoms with van der Waals surface area (Å²) >= 11 is 0. The van der Waals surface area contributed by atoms with Gasteiger partial charge in [0.2, 0.25) is 0 Å². The first-order valence-corrected chi connectivity index (χ1v) is 8.03. The smallest absolute Gasteiger partial charge is 0.0791 e. The molecule has 0 radical (unpaired) electrons. The zero-order valence-corrected chi connectivity index (χ0v) is 12.8. The van der Waals surface area contributed by atoms with Crippen LogP contribution in [-0.4, -0.2) is 17.8 Å². The molecule has 1 heterocycles. The van der Waals surface area contributed by atoms with Crippen LogP contribution >= 0.6 is 0 Å². The Bertz CT molecular complexity index is 394. The van der Waals surface area contributed by atoms with E-state index < -0.39 is 0 Å². The molecule has 0 amide bonds. The second-order valence-electron chi connectivity index (χ2n) is 6.42. The van der Waals surface area contributed by atoms with Crippen LogP contribution in [0.25, 0.3) is 0 Å². The van der Waals surface area contributed by atoms with Crippen molar-refractivity contribution in [1.82, 2.24) is 0 Å². The van der Waals surface area contributed by atoms with E-state index in [9.17, 15) is 5.11 Å². The van der Waals surface area contributed by atoms with Crippen LogP contribution in [0.4, 0.5) is 0 Å². The third-order valence-corrected chi connectivity index (χ3v) is 4.02. The molecule has 0 aromatic heterocycles. The summed E-state index contributed by atoms with van der Waals surface area (Å²) in [5.74, 6) is 0.651. The maximum Gasteiger partial charge on any atom is 0.0791 e. The zero-order chi connectivity index (χ0) is 14.4. The minimum atomic E-state index is -0.354. The highest BCUT2D eigenvalue weighted by molar-refractivity contribution is 5.25. The van der Waals surface area contributed by atoms with Crippen LogP contribution < -0.4 is 0 Å². The molecule has 2 rings (SSSR count). The SMILES string of the molecule is CC(C)Cc1cccc(C(O)CCC2CCCCO2)c1. The Morgan fingerprint density at radius 3 is 2.85 bits per heavy atom. The Kier molecular flexibility index (Phi) is 6.06. The molecule has 1 aliphatic rings. The standard InChI is InChI=1S/C18H28O2/c1-14(2)12-15-6-5-7-16(13-15)18(19)10-9-17-8-3-4-11-20-17/h5-7,13-14,17-19H,3-4,8-12H2,1-2H3. The molecule has 2 nitrogen and oxygen atoms in total. The van der Waals surface area contributed by atoms with Gasteiger partial charge in [0.15, 0.2) is 0 Å². The molecule has 1 aromatic carbocycles. The van der Waals surface area contributed by atoms with E-state index in [1.807, 2.05) is 6.07 Å². The van der Waals surface area contributed by atoms with Gasteiger partial charge in [-0.15, -0.1) is 0 Å². The molecule has 2 unspecified atom stereocenters. The molecule has 1 aromatic rings. The van der Waals surface area contributed by atoms with E-state index in [1.54, 1.807) is 0 Å². The lowest BCUT2D eigenvalue weighted by Gasteiger charge is -2.23. The number of aliphatic hydroxyl groups is 1. The van der Waals surface area contributed by atoms with Crippen molar-refractivity contribution in [3.8, 4) is 0 Å². The summed E-state index contributed by atoms with van der Waals surface area (Å²) in [6.45, 7) is 5.34. The number of aliphatic hydroxyl groups excluding tert-OH is 1. The molecule has 1 N–H and O–H groups in total. The van der Waals surface area contributed by atoms with Crippen LogP contribution in [0, 0.1) is 5.92 Å². The average molecular weight is 276 g/mol. The summed E-state index contributed by atoms with van der Waals surface area (Å²) in [6, 6.07) is 8.41. The van der Waals surface area contributed by atoms with Crippen LogP contribution in [0.1, 0.15) is 63.2 Å². The van der Waals surface area contributed by atoms with E-state index >= 15 is 0 Å². The molecule has 20 heavy (non-hydrogen) atoms. The summed E-state index contributed by atoms with van der Waals surface area (Å²) < 4.78 is 5.73. The molecule has 0 aliphatic carbocycles. The Labute approximate surface area is 123 Å². The van der Waals surface area contributed by atoms with E-state index in [0.717, 1.165) is 37.9 Å². The predicted molar refractivity (Wildman–Crippen MR) is 82.8 cm³/mol. The zero-order valence-electron chi connectivity index (χ0n) is 12.8. The number of hydrogen-bond acceptors (Lipinski definition) is 2. The van der Waals surface area contributed by atoms with Crippen molar-refractivity contribution in [2.24, 2.45) is 5.92 Å². The molecule has 0 spiro atoms. The van der Waals surface area contributed by atoms with Crippen molar-refractivity contribution in [2.75, 3.05) is 6.61 Å². The first kappa shape index (κ1) is 15.5. The molecular formula is C18H28O2. The summed E-state index contributed by atoms with van der Waals surface area (Å²) in [4.78, 5) is 0. The van der Waals surface area contributed by atoms with Crippen LogP contribution in [0.2, 0.25) is 0 Å². The fraction of sp³-hybridized carbons (Fsp3) is 0.667. The maximum atomic E-state index is 10.4. The number of rotatable bonds is 6. The van der Waals surface area contributed by atoms with Crippen molar-refractivity contribution < 1.29 is 9.84 Å². The van der Waals surface area contributed by atoms with Crippen molar-refractivity contribution in [2.45, 2.75) is 64.6 Å². The van der Waals surface area contributed by atoms with Gasteiger partial charge < -0.3 is 9.84 Å². The molecule has 0 saturated carbocycles. The molecule has 0 bridgehead atoms. The Morgan fingerprint density at radius 1 is 1.30 bits per heavy atom. The predicted octanol–water partition coefficient (Wildman–Crippen LogP) is 4.27. The number of hydrogen-bond donors (Lipinski definition) is 1. The second kappa shape index (κ2) is 7.80. The van der Waals surface area contributed by atoms with E-state index in [1.165, 1.54) is 18.4 Å². The van der Waals surface area contributed by atoms with Gasteiger partial charge in [-0.2, -0.15) is 0 Å². The minimum Gasteiger partial charge on any atom is -0.388 e. The Hall–Kier alpha value is -0.860. The average Bonchev–Trinajstić information content (AvgIpc) is 2.45. The number of ether oxygens (including phenoxy) is 1. The van der Waals surface area contributed by atoms with Gasteiger partial charge in [0.25, 0.3) is 0 Å². The Morgan fingerprint density at radius 2 is 2.15 bits per heavy atom. The number of benzene rings is 1. The van der Waals surface area contributed by atoms with Crippen LogP contribution in [0.3, 0.4) is 0 Å². The van der Waals surface area contributed by atoms with Gasteiger partial charge in [0.1, 0.15) is 0 Å². The van der Waals surface area contributed by atoms with E-state index in [2.05, 4.69) is 32.0 Å². The molecule has 1 aliphatic heterocycles. The first-order chi connectivity index (χ1) is 9.65. The van der Waals surface area contributed by atoms with Gasteiger partial charge in [0.05, 0.1) is 12.2 Å². The molecule has 1 fully saturated rings. The highest BCUT2D eigenvalue weighted by Crippen LogP contribution is 2.24. The topological polar surface area (TPSA) is 29.5 Å². The van der Waals surface area contributed by atoms with Gasteiger partial charge in [-0.25, -0.2) is 0 Å². The van der Waals surface area contributed by atoms with Gasteiger partial charge in [-0.05, 0) is 55.6 Å². The van der Waals surface area contributed by atoms with E-state index in [4.69, 9.17) is 4.74 Å². The van der Waals surface area contributed by atoms with Gasteiger partial charge in [0, 0.05) is 6.61 Å². The summed E-state index contributed by atoms with van der Waals surface area (Å²) in [5, 5.41) is 10.4. The third kappa shape index (κ3) is 4.92. The van der Waals surface area contributed by atoms with E-state index in [0.29, 0.717) is 12.0 Å². The van der Waals surface area contributed by atoms with Crippen LogP contribution in [-0.2, 0) is 11.2 Å². The van der Waals surface area contributed by atoms with Gasteiger partial charge in [-0.1, -0.05) is 38.1 Å². The lowest BCUT2D eigenvalue weighted by Crippen LogP contribution is -2.19. The van der Waals surface area contributed by atoms with Gasteiger partial charge >= 0.3 is 0 Å². The van der Waals surface area contributed by atoms with Crippen LogP contribution in [0.5, 0.6) is 0 Å². The van der Waals surface area contributed by atoms with Gasteiger partial charge in [-0.3, -0.25) is 0 Å². The lowest BCUT2D eigenvalue weighted by atomic mass is 9.96. The quantitative estimate of drug-likeness (QED) is 0.841. The van der Waals surface area contributed by atoms with Crippen molar-refractivity contribution in [3.63, 3.8) is 0 Å². The largest absolute Gasteiger partial charge is 0.388 e. The lowest BCUT2D eigenvalue weighted by molar-refractivity contribution is 0.00213. The third-order valence-electron chi connectivity index (χ3n) is 4.02. The Balaban J connectivity index is 1.86. The molecular weight excluding hydrogens is 248 g/mol. The minimum absolute atomic E-state index is 0.354. The first-order valence-electron chi connectivity index (χ1n) is 8.03. The highest BCUT2D eigenvalue weighted by atomic mass is 16.5. The summed E-state index contributed by atoms with van der Waals surface area (Å²) in [5.41, 5.74) is 2.38.